The first-order valence-corrected chi connectivity index (χ1v) is 17.1. The number of aromatic nitrogens is 1. The van der Waals surface area contributed by atoms with Crippen LogP contribution >= 0.6 is 0 Å². The summed E-state index contributed by atoms with van der Waals surface area (Å²) in [6.07, 6.45) is 6.06. The number of benzene rings is 1. The molecule has 3 amide bonds. The van der Waals surface area contributed by atoms with Crippen molar-refractivity contribution in [1.29, 1.82) is 0 Å². The van der Waals surface area contributed by atoms with Gasteiger partial charge >= 0.3 is 6.09 Å². The zero-order valence-electron chi connectivity index (χ0n) is 30.0. The molecule has 0 radical (unpaired) electrons. The maximum Gasteiger partial charge on any atom is 0.408 e. The number of carbonyl (C=O) groups excluding carboxylic acids is 5. The predicted molar refractivity (Wildman–Crippen MR) is 189 cm³/mol. The Labute approximate surface area is 294 Å². The van der Waals surface area contributed by atoms with Gasteiger partial charge in [-0.3, -0.25) is 19.2 Å². The number of amides is 3. The largest absolute Gasteiger partial charge is 0.497 e. The fourth-order valence-corrected chi connectivity index (χ4v) is 6.37. The summed E-state index contributed by atoms with van der Waals surface area (Å²) in [7, 11) is 1.53. The average Bonchev–Trinajstić information content (AvgIpc) is 3.62. The van der Waals surface area contributed by atoms with Gasteiger partial charge in [-0.1, -0.05) is 25.0 Å². The number of Topliss-reactive ketones (excluding diaryl/α,β-unsaturated/α-hetero) is 2. The van der Waals surface area contributed by atoms with Crippen LogP contribution in [0.25, 0.3) is 10.9 Å². The van der Waals surface area contributed by atoms with E-state index in [4.69, 9.17) is 14.2 Å². The van der Waals surface area contributed by atoms with Crippen molar-refractivity contribution in [3.63, 3.8) is 0 Å². The summed E-state index contributed by atoms with van der Waals surface area (Å²) in [4.78, 5) is 72.4. The number of fused-ring (bicyclic) bond motifs is 1. The maximum atomic E-state index is 14.4. The first kappa shape index (κ1) is 38.1. The summed E-state index contributed by atoms with van der Waals surface area (Å²) >= 11 is 0. The molecule has 50 heavy (non-hydrogen) atoms. The monoisotopic (exact) mass is 690 g/mol. The minimum Gasteiger partial charge on any atom is -0.497 e. The normalized spacial score (nSPS) is 21.9. The molecule has 0 bridgehead atoms. The number of carbonyl (C=O) groups is 5. The summed E-state index contributed by atoms with van der Waals surface area (Å²) in [5, 5.41) is 6.29. The van der Waals surface area contributed by atoms with Crippen LogP contribution in [0.3, 0.4) is 0 Å². The van der Waals surface area contributed by atoms with Crippen molar-refractivity contribution in [2.24, 2.45) is 5.92 Å². The van der Waals surface area contributed by atoms with E-state index in [9.17, 15) is 24.0 Å². The predicted octanol–water partition coefficient (Wildman–Crippen LogP) is 5.47. The van der Waals surface area contributed by atoms with Gasteiger partial charge in [-0.2, -0.15) is 0 Å². The Kier molecular flexibility index (Phi) is 12.1. The van der Waals surface area contributed by atoms with Crippen molar-refractivity contribution in [3.8, 4) is 11.5 Å². The number of rotatable bonds is 16. The Morgan fingerprint density at radius 1 is 1.10 bits per heavy atom. The van der Waals surface area contributed by atoms with Crippen LogP contribution in [0.4, 0.5) is 4.79 Å². The number of pyridine rings is 1. The quantitative estimate of drug-likeness (QED) is 0.133. The number of nitrogens with one attached hydrogen (secondary N) is 2. The molecule has 1 aromatic heterocycles. The molecule has 12 nitrogen and oxygen atoms in total. The molecule has 270 valence electrons. The number of likely N-dealkylation sites (tertiary alicyclic amines) is 1. The molecule has 1 saturated heterocycles. The van der Waals surface area contributed by atoms with Gasteiger partial charge in [0.15, 0.2) is 11.6 Å². The molecule has 0 spiro atoms. The Morgan fingerprint density at radius 3 is 2.44 bits per heavy atom. The van der Waals surface area contributed by atoms with Crippen molar-refractivity contribution in [2.75, 3.05) is 13.7 Å². The van der Waals surface area contributed by atoms with Crippen molar-refractivity contribution in [3.05, 3.63) is 55.3 Å². The van der Waals surface area contributed by atoms with Crippen LogP contribution in [-0.4, -0.2) is 82.3 Å². The Hall–Kier alpha value is -4.74. The van der Waals surface area contributed by atoms with Crippen molar-refractivity contribution in [2.45, 2.75) is 109 Å². The maximum absolute atomic E-state index is 14.4. The highest BCUT2D eigenvalue weighted by Gasteiger charge is 2.58. The van der Waals surface area contributed by atoms with Crippen molar-refractivity contribution < 1.29 is 38.2 Å². The van der Waals surface area contributed by atoms with Crippen molar-refractivity contribution in [1.82, 2.24) is 20.5 Å². The highest BCUT2D eigenvalue weighted by atomic mass is 16.6. The van der Waals surface area contributed by atoms with Gasteiger partial charge in [-0.15, -0.1) is 13.2 Å². The molecule has 2 N–H and O–H groups in total. The molecule has 2 heterocycles. The van der Waals surface area contributed by atoms with Gasteiger partial charge < -0.3 is 29.7 Å². The number of alkyl carbamates (subject to hydrolysis) is 1. The zero-order valence-corrected chi connectivity index (χ0v) is 30.0. The van der Waals surface area contributed by atoms with Crippen LogP contribution in [0.2, 0.25) is 0 Å². The summed E-state index contributed by atoms with van der Waals surface area (Å²) in [5.41, 5.74) is -1.20. The van der Waals surface area contributed by atoms with E-state index in [0.29, 0.717) is 41.7 Å². The molecule has 1 aliphatic carbocycles. The Bertz CT molecular complexity index is 1650. The van der Waals surface area contributed by atoms with E-state index in [1.807, 2.05) is 6.08 Å². The molecule has 4 rings (SSSR count). The number of hydrogen-bond donors (Lipinski definition) is 2. The highest BCUT2D eigenvalue weighted by molar-refractivity contribution is 5.99. The standard InChI is InChI=1S/C38H50N4O8/c1-9-11-12-13-14-15-29(40-36(47)50-37(5,6)7)35(46)42-22-27(19-32(42)34(45)41-38(24(4)44)21-25(38)10-2)49-33-20-30(23(3)43)39-31-18-26(48-8)16-17-28(31)33/h9-10,16-18,20,25,27,29,32H,1-2,11-15,19,21-22H2,3-8H3,(H,40,47)(H,41,45). The van der Waals surface area contributed by atoms with Crippen LogP contribution in [0, 0.1) is 5.92 Å². The van der Waals surface area contributed by atoms with E-state index in [1.54, 1.807) is 51.1 Å². The summed E-state index contributed by atoms with van der Waals surface area (Å²) in [6, 6.07) is 4.78. The third kappa shape index (κ3) is 9.08. The van der Waals surface area contributed by atoms with Crippen LogP contribution < -0.4 is 20.1 Å². The molecular weight excluding hydrogens is 640 g/mol. The SMILES string of the molecule is C=CCCCCCC(NC(=O)OC(C)(C)C)C(=O)N1CC(Oc2cc(C(C)=O)nc3cc(OC)ccc23)CC1C(=O)NC1(C(C)=O)CC1C=C. The average molecular weight is 691 g/mol. The summed E-state index contributed by atoms with van der Waals surface area (Å²) in [6.45, 7) is 15.6. The second-order valence-electron chi connectivity index (χ2n) is 14.1. The van der Waals surface area contributed by atoms with Gasteiger partial charge in [0.05, 0.1) is 19.2 Å². The van der Waals surface area contributed by atoms with Gasteiger partial charge in [0.25, 0.3) is 0 Å². The lowest BCUT2D eigenvalue weighted by Gasteiger charge is -2.30. The van der Waals surface area contributed by atoms with Gasteiger partial charge in [0.2, 0.25) is 11.8 Å². The fraction of sp³-hybridized carbons (Fsp3) is 0.526. The number of allylic oxidation sites excluding steroid dienone is 1. The minimum atomic E-state index is -1.08. The number of unbranched alkanes of at least 4 members (excludes halogenated alkanes) is 3. The van der Waals surface area contributed by atoms with Crippen molar-refractivity contribution >= 4 is 40.4 Å². The van der Waals surface area contributed by atoms with E-state index in [0.717, 1.165) is 19.3 Å². The van der Waals surface area contributed by atoms with Crippen LogP contribution in [0.1, 0.15) is 90.1 Å². The minimum absolute atomic E-state index is 0.00716. The first-order chi connectivity index (χ1) is 23.6. The van der Waals surface area contributed by atoms with Gasteiger partial charge in [-0.25, -0.2) is 9.78 Å². The van der Waals surface area contributed by atoms with Crippen LogP contribution in [0.15, 0.2) is 49.6 Å². The Balaban J connectivity index is 1.67. The van der Waals surface area contributed by atoms with Crippen LogP contribution in [-0.2, 0) is 19.1 Å². The number of ether oxygens (including phenoxy) is 3. The van der Waals surface area contributed by atoms with E-state index in [-0.39, 0.29) is 36.1 Å². The molecule has 1 saturated carbocycles. The number of hydrogen-bond acceptors (Lipinski definition) is 9. The molecule has 1 aliphatic heterocycles. The lowest BCUT2D eigenvalue weighted by molar-refractivity contribution is -0.141. The first-order valence-electron chi connectivity index (χ1n) is 17.1. The number of methoxy groups -OCH3 is 1. The summed E-state index contributed by atoms with van der Waals surface area (Å²) < 4.78 is 17.3. The lowest BCUT2D eigenvalue weighted by Crippen LogP contribution is -2.56. The van der Waals surface area contributed by atoms with Gasteiger partial charge in [0.1, 0.15) is 46.5 Å². The molecule has 2 fully saturated rings. The van der Waals surface area contributed by atoms with E-state index in [2.05, 4.69) is 28.8 Å². The molecule has 2 aromatic rings. The molecule has 1 aromatic carbocycles. The van der Waals surface area contributed by atoms with Gasteiger partial charge in [-0.05, 0) is 65.5 Å². The number of ketones is 2. The van der Waals surface area contributed by atoms with Crippen LogP contribution in [0.5, 0.6) is 11.5 Å². The lowest BCUT2D eigenvalue weighted by atomic mass is 10.0. The van der Waals surface area contributed by atoms with E-state index >= 15 is 0 Å². The molecule has 2 aliphatic rings. The Morgan fingerprint density at radius 2 is 1.84 bits per heavy atom. The summed E-state index contributed by atoms with van der Waals surface area (Å²) in [5.74, 6) is -0.729. The number of nitrogens with zero attached hydrogens (tertiary/aromatic N) is 2. The molecule has 12 heteroatoms. The van der Waals surface area contributed by atoms with E-state index in [1.165, 1.54) is 25.9 Å². The third-order valence-electron chi connectivity index (χ3n) is 9.15. The van der Waals surface area contributed by atoms with E-state index < -0.39 is 47.2 Å². The second-order valence-corrected chi connectivity index (χ2v) is 14.1. The molecule has 5 atom stereocenters. The second kappa shape index (κ2) is 15.9. The fourth-order valence-electron chi connectivity index (χ4n) is 6.37. The molecular formula is C38H50N4O8. The molecule has 5 unspecified atom stereocenters. The highest BCUT2D eigenvalue weighted by Crippen LogP contribution is 2.45. The van der Waals surface area contributed by atoms with Gasteiger partial charge in [0, 0.05) is 36.8 Å². The third-order valence-corrected chi connectivity index (χ3v) is 9.15. The topological polar surface area (TPSA) is 153 Å². The zero-order chi connectivity index (χ0) is 36.8. The smallest absolute Gasteiger partial charge is 0.408 e.